The Bertz CT molecular complexity index is 1050. The zero-order chi connectivity index (χ0) is 21.7. The van der Waals surface area contributed by atoms with Gasteiger partial charge in [-0.15, -0.1) is 0 Å². The number of fused-ring (bicyclic) bond motifs is 1. The third-order valence-corrected chi connectivity index (χ3v) is 5.14. The molecule has 6 nitrogen and oxygen atoms in total. The molecule has 1 amide bonds. The monoisotopic (exact) mass is 406 g/mol. The first-order chi connectivity index (χ1) is 14.3. The number of likely N-dealkylation sites (N-methyl/N-ethyl adjacent to an activating group) is 1. The van der Waals surface area contributed by atoms with E-state index in [0.717, 1.165) is 5.56 Å². The van der Waals surface area contributed by atoms with Crippen molar-refractivity contribution in [1.82, 2.24) is 19.8 Å². The van der Waals surface area contributed by atoms with E-state index in [-0.39, 0.29) is 23.6 Å². The van der Waals surface area contributed by atoms with Gasteiger partial charge in [-0.2, -0.15) is 0 Å². The van der Waals surface area contributed by atoms with Gasteiger partial charge in [0, 0.05) is 12.1 Å². The minimum Gasteiger partial charge on any atom is -0.332 e. The van der Waals surface area contributed by atoms with Crippen molar-refractivity contribution in [3.63, 3.8) is 0 Å². The predicted molar refractivity (Wildman–Crippen MR) is 120 cm³/mol. The van der Waals surface area contributed by atoms with E-state index in [0.29, 0.717) is 36.4 Å². The number of carbonyl (C=O) groups is 1. The molecule has 1 heterocycles. The van der Waals surface area contributed by atoms with Crippen molar-refractivity contribution in [2.75, 3.05) is 13.1 Å². The minimum atomic E-state index is -0.304. The summed E-state index contributed by atoms with van der Waals surface area (Å²) in [6, 6.07) is 17.3. The third kappa shape index (κ3) is 5.33. The van der Waals surface area contributed by atoms with E-state index >= 15 is 0 Å². The van der Waals surface area contributed by atoms with E-state index in [1.807, 2.05) is 86.0 Å². The Morgan fingerprint density at radius 2 is 1.67 bits per heavy atom. The normalized spacial score (nSPS) is 11.8. The highest BCUT2D eigenvalue weighted by atomic mass is 16.2. The quantitative estimate of drug-likeness (QED) is 0.651. The molecule has 1 N–H and O–H groups in total. The molecule has 158 valence electrons. The van der Waals surface area contributed by atoms with E-state index in [9.17, 15) is 9.59 Å². The molecule has 0 fully saturated rings. The smallest absolute Gasteiger partial charge is 0.258 e. The fourth-order valence-electron chi connectivity index (χ4n) is 3.44. The average molecular weight is 407 g/mol. The van der Waals surface area contributed by atoms with Gasteiger partial charge < -0.3 is 9.88 Å². The van der Waals surface area contributed by atoms with Crippen LogP contribution in [-0.4, -0.2) is 44.3 Å². The number of hydrogen-bond donors (Lipinski definition) is 1. The van der Waals surface area contributed by atoms with Crippen LogP contribution >= 0.6 is 0 Å². The lowest BCUT2D eigenvalue weighted by Gasteiger charge is -2.37. The summed E-state index contributed by atoms with van der Waals surface area (Å²) in [4.78, 5) is 36.9. The molecule has 3 rings (SSSR count). The number of nitrogens with zero attached hydrogens (tertiary/aromatic N) is 3. The molecule has 0 radical (unpaired) electrons. The van der Waals surface area contributed by atoms with Gasteiger partial charge in [-0.3, -0.25) is 14.5 Å². The number of rotatable bonds is 7. The zero-order valence-electron chi connectivity index (χ0n) is 18.2. The van der Waals surface area contributed by atoms with Crippen molar-refractivity contribution in [2.24, 2.45) is 0 Å². The van der Waals surface area contributed by atoms with Crippen molar-refractivity contribution >= 4 is 16.8 Å². The maximum Gasteiger partial charge on any atom is 0.258 e. The summed E-state index contributed by atoms with van der Waals surface area (Å²) in [7, 11) is 0. The predicted octanol–water partition coefficient (Wildman–Crippen LogP) is 3.57. The highest BCUT2D eigenvalue weighted by Crippen LogP contribution is 2.18. The molecule has 1 aromatic heterocycles. The van der Waals surface area contributed by atoms with Crippen LogP contribution in [-0.2, 0) is 17.9 Å². The summed E-state index contributed by atoms with van der Waals surface area (Å²) in [5, 5.41) is 0.571. The van der Waals surface area contributed by atoms with Gasteiger partial charge in [0.25, 0.3) is 5.56 Å². The average Bonchev–Trinajstić information content (AvgIpc) is 2.71. The molecule has 0 atom stereocenters. The Kier molecular flexibility index (Phi) is 6.67. The Morgan fingerprint density at radius 3 is 2.33 bits per heavy atom. The van der Waals surface area contributed by atoms with E-state index < -0.39 is 0 Å². The topological polar surface area (TPSA) is 69.3 Å². The fourth-order valence-corrected chi connectivity index (χ4v) is 3.44. The maximum absolute atomic E-state index is 13.2. The lowest BCUT2D eigenvalue weighted by Crippen LogP contribution is -2.49. The molecule has 2 aromatic carbocycles. The summed E-state index contributed by atoms with van der Waals surface area (Å²) in [6.45, 7) is 10.1. The van der Waals surface area contributed by atoms with Gasteiger partial charge in [-0.25, -0.2) is 4.98 Å². The van der Waals surface area contributed by atoms with Gasteiger partial charge >= 0.3 is 0 Å². The zero-order valence-corrected chi connectivity index (χ0v) is 18.2. The van der Waals surface area contributed by atoms with Crippen molar-refractivity contribution in [3.8, 4) is 0 Å². The Labute approximate surface area is 177 Å². The van der Waals surface area contributed by atoms with E-state index in [2.05, 4.69) is 9.97 Å². The largest absolute Gasteiger partial charge is 0.332 e. The number of aromatic amines is 1. The van der Waals surface area contributed by atoms with Crippen LogP contribution in [0.15, 0.2) is 59.4 Å². The lowest BCUT2D eigenvalue weighted by atomic mass is 10.0. The number of aromatic nitrogens is 2. The molecule has 0 aliphatic heterocycles. The molecule has 0 saturated carbocycles. The minimum absolute atomic E-state index is 0.0522. The second-order valence-corrected chi connectivity index (χ2v) is 8.47. The lowest BCUT2D eigenvalue weighted by molar-refractivity contribution is -0.138. The standard InChI is InChI=1S/C24H30N4O2/c1-5-27(16-21-25-20-14-10-9-13-19(20)23(30)26-21)17-22(29)28(24(2,3)4)15-18-11-7-6-8-12-18/h6-14H,5,15-17H2,1-4H3,(H,25,26,30). The molecule has 3 aromatic rings. The van der Waals surface area contributed by atoms with Gasteiger partial charge in [0.1, 0.15) is 5.82 Å². The van der Waals surface area contributed by atoms with Crippen LogP contribution in [0.1, 0.15) is 39.1 Å². The molecular formula is C24H30N4O2. The summed E-state index contributed by atoms with van der Waals surface area (Å²) in [6.07, 6.45) is 0. The number of H-pyrrole nitrogens is 1. The van der Waals surface area contributed by atoms with Crippen LogP contribution in [0.5, 0.6) is 0 Å². The molecule has 6 heteroatoms. The fraction of sp³-hybridized carbons (Fsp3) is 0.375. The molecule has 0 aliphatic carbocycles. The van der Waals surface area contributed by atoms with Gasteiger partial charge in [-0.05, 0) is 45.0 Å². The van der Waals surface area contributed by atoms with Gasteiger partial charge in [0.05, 0.1) is 24.0 Å². The Morgan fingerprint density at radius 1 is 1.00 bits per heavy atom. The third-order valence-electron chi connectivity index (χ3n) is 5.14. The Balaban J connectivity index is 1.76. The van der Waals surface area contributed by atoms with Crippen LogP contribution in [0.25, 0.3) is 10.9 Å². The molecule has 30 heavy (non-hydrogen) atoms. The first-order valence-corrected chi connectivity index (χ1v) is 10.3. The summed E-state index contributed by atoms with van der Waals surface area (Å²) < 4.78 is 0. The van der Waals surface area contributed by atoms with Crippen molar-refractivity contribution in [2.45, 2.75) is 46.3 Å². The number of hydrogen-bond acceptors (Lipinski definition) is 4. The van der Waals surface area contributed by atoms with Crippen molar-refractivity contribution < 1.29 is 4.79 Å². The summed E-state index contributed by atoms with van der Waals surface area (Å²) >= 11 is 0. The van der Waals surface area contributed by atoms with Gasteiger partial charge in [0.2, 0.25) is 5.91 Å². The summed E-state index contributed by atoms with van der Waals surface area (Å²) in [5.41, 5.74) is 1.31. The van der Waals surface area contributed by atoms with Crippen LogP contribution in [0.3, 0.4) is 0 Å². The number of para-hydroxylation sites is 1. The van der Waals surface area contributed by atoms with Crippen molar-refractivity contribution in [1.29, 1.82) is 0 Å². The number of nitrogens with one attached hydrogen (secondary N) is 1. The van der Waals surface area contributed by atoms with Crippen LogP contribution < -0.4 is 5.56 Å². The maximum atomic E-state index is 13.2. The van der Waals surface area contributed by atoms with Gasteiger partial charge in [-0.1, -0.05) is 49.4 Å². The second-order valence-electron chi connectivity index (χ2n) is 8.47. The molecule has 0 bridgehead atoms. The van der Waals surface area contributed by atoms with E-state index in [4.69, 9.17) is 0 Å². The first-order valence-electron chi connectivity index (χ1n) is 10.3. The SMILES string of the molecule is CCN(CC(=O)N(Cc1ccccc1)C(C)(C)C)Cc1nc2ccccc2c(=O)[nH]1. The highest BCUT2D eigenvalue weighted by molar-refractivity contribution is 5.79. The number of amides is 1. The van der Waals surface area contributed by atoms with Gasteiger partial charge in [0.15, 0.2) is 0 Å². The van der Waals surface area contributed by atoms with E-state index in [1.165, 1.54) is 0 Å². The molecule has 0 unspecified atom stereocenters. The highest BCUT2D eigenvalue weighted by Gasteiger charge is 2.27. The van der Waals surface area contributed by atoms with E-state index in [1.54, 1.807) is 6.07 Å². The number of carbonyl (C=O) groups excluding carboxylic acids is 1. The first kappa shape index (κ1) is 21.7. The molecule has 0 saturated heterocycles. The summed E-state index contributed by atoms with van der Waals surface area (Å²) in [5.74, 6) is 0.620. The van der Waals surface area contributed by atoms with Crippen LogP contribution in [0.4, 0.5) is 0 Å². The van der Waals surface area contributed by atoms with Crippen molar-refractivity contribution in [3.05, 3.63) is 76.3 Å². The van der Waals surface area contributed by atoms with Crippen LogP contribution in [0, 0.1) is 0 Å². The molecule has 0 aliphatic rings. The number of benzene rings is 2. The Hall–Kier alpha value is -2.99. The van der Waals surface area contributed by atoms with Crippen LogP contribution in [0.2, 0.25) is 0 Å². The molecule has 0 spiro atoms. The second kappa shape index (κ2) is 9.22. The molecular weight excluding hydrogens is 376 g/mol.